The molecule has 0 spiro atoms. The monoisotopic (exact) mass is 498 g/mol. The van der Waals surface area contributed by atoms with Crippen LogP contribution in [0.25, 0.3) is 22.8 Å². The largest absolute Gasteiger partial charge is 0.379 e. The van der Waals surface area contributed by atoms with Gasteiger partial charge in [-0.05, 0) is 48.5 Å². The van der Waals surface area contributed by atoms with Crippen LogP contribution in [0.15, 0.2) is 122 Å². The predicted octanol–water partition coefficient (Wildman–Crippen LogP) is 5.74. The van der Waals surface area contributed by atoms with Gasteiger partial charge in [-0.3, -0.25) is 0 Å². The highest BCUT2D eigenvalue weighted by atomic mass is 15.3. The van der Waals surface area contributed by atoms with Crippen molar-refractivity contribution in [3.8, 4) is 22.8 Å². The lowest BCUT2D eigenvalue weighted by Crippen LogP contribution is -2.07. The van der Waals surface area contributed by atoms with Gasteiger partial charge in [0.2, 0.25) is 0 Å². The molecular formula is C30H26N8. The molecule has 0 fully saturated rings. The highest BCUT2D eigenvalue weighted by Gasteiger charge is 2.10. The van der Waals surface area contributed by atoms with E-state index >= 15 is 0 Å². The molecule has 2 aromatic carbocycles. The molecule has 0 aliphatic carbocycles. The quantitative estimate of drug-likeness (QED) is 0.264. The van der Waals surface area contributed by atoms with Gasteiger partial charge in [0.05, 0.1) is 24.5 Å². The van der Waals surface area contributed by atoms with Gasteiger partial charge in [-0.1, -0.05) is 48.5 Å². The molecule has 0 saturated carbocycles. The fourth-order valence-electron chi connectivity index (χ4n) is 4.31. The van der Waals surface area contributed by atoms with Gasteiger partial charge >= 0.3 is 0 Å². The Hall–Kier alpha value is -5.24. The second-order valence-electron chi connectivity index (χ2n) is 8.67. The first-order valence-electron chi connectivity index (χ1n) is 12.4. The smallest absolute Gasteiger partial charge is 0.153 e. The summed E-state index contributed by atoms with van der Waals surface area (Å²) < 4.78 is 3.53. The maximum absolute atomic E-state index is 4.75. The zero-order valence-electron chi connectivity index (χ0n) is 20.6. The summed E-state index contributed by atoms with van der Waals surface area (Å²) in [6.45, 7) is 1.18. The maximum Gasteiger partial charge on any atom is 0.153 e. The van der Waals surface area contributed by atoms with Gasteiger partial charge < -0.3 is 10.6 Å². The molecule has 4 aromatic heterocycles. The van der Waals surface area contributed by atoms with Gasteiger partial charge in [-0.2, -0.15) is 10.2 Å². The number of hydrogen-bond donors (Lipinski definition) is 2. The summed E-state index contributed by atoms with van der Waals surface area (Å²) in [4.78, 5) is 9.50. The normalized spacial score (nSPS) is 10.8. The third-order valence-corrected chi connectivity index (χ3v) is 6.13. The summed E-state index contributed by atoms with van der Waals surface area (Å²) in [5, 5.41) is 15.7. The van der Waals surface area contributed by atoms with E-state index in [1.165, 1.54) is 0 Å². The Balaban J connectivity index is 1.21. The maximum atomic E-state index is 4.75. The lowest BCUT2D eigenvalue weighted by Gasteiger charge is -2.16. The van der Waals surface area contributed by atoms with E-state index in [4.69, 9.17) is 9.97 Å². The minimum atomic E-state index is 0.589. The Morgan fingerprint density at radius 2 is 0.974 bits per heavy atom. The van der Waals surface area contributed by atoms with Crippen LogP contribution in [0, 0.1) is 0 Å². The van der Waals surface area contributed by atoms with Gasteiger partial charge in [-0.25, -0.2) is 19.3 Å². The molecular weight excluding hydrogens is 472 g/mol. The summed E-state index contributed by atoms with van der Waals surface area (Å²) in [6, 6.07) is 32.4. The lowest BCUT2D eigenvalue weighted by molar-refractivity contribution is 0.833. The average Bonchev–Trinajstić information content (AvgIpc) is 3.71. The SMILES string of the molecule is c1cc(CNc2ccccc2-c2ccccc2NCc2cccc(-n3cccn3)n2)nc(-n2cccn2)c1. The third kappa shape index (κ3) is 5.15. The molecule has 0 radical (unpaired) electrons. The Labute approximate surface area is 220 Å². The van der Waals surface area contributed by atoms with E-state index in [1.807, 2.05) is 73.1 Å². The van der Waals surface area contributed by atoms with Crippen molar-refractivity contribution in [2.24, 2.45) is 0 Å². The predicted molar refractivity (Wildman–Crippen MR) is 149 cm³/mol. The van der Waals surface area contributed by atoms with Crippen LogP contribution in [0.5, 0.6) is 0 Å². The first-order chi connectivity index (χ1) is 18.8. The van der Waals surface area contributed by atoms with E-state index in [-0.39, 0.29) is 0 Å². The molecule has 186 valence electrons. The fraction of sp³-hybridized carbons (Fsp3) is 0.0667. The number of nitrogens with zero attached hydrogens (tertiary/aromatic N) is 6. The van der Waals surface area contributed by atoms with Crippen LogP contribution in [-0.4, -0.2) is 29.5 Å². The number of hydrogen-bond acceptors (Lipinski definition) is 6. The van der Waals surface area contributed by atoms with Crippen molar-refractivity contribution in [3.05, 3.63) is 133 Å². The van der Waals surface area contributed by atoms with E-state index in [0.717, 1.165) is 45.5 Å². The fourth-order valence-corrected chi connectivity index (χ4v) is 4.31. The summed E-state index contributed by atoms with van der Waals surface area (Å²) >= 11 is 0. The van der Waals surface area contributed by atoms with Crippen LogP contribution in [0.3, 0.4) is 0 Å². The molecule has 8 nitrogen and oxygen atoms in total. The average molecular weight is 499 g/mol. The summed E-state index contributed by atoms with van der Waals surface area (Å²) in [5.74, 6) is 1.59. The standard InChI is InChI=1S/C30H26N8/c1-3-13-27(31-21-23-9-5-15-29(35-23)37-19-7-17-33-37)25(11-1)26-12-2-4-14-28(26)32-22-24-10-6-16-30(36-24)38-20-8-18-34-38/h1-20,31-32H,21-22H2. The van der Waals surface area contributed by atoms with Crippen LogP contribution >= 0.6 is 0 Å². The van der Waals surface area contributed by atoms with Gasteiger partial charge in [0.25, 0.3) is 0 Å². The number of pyridine rings is 2. The Morgan fingerprint density at radius 1 is 0.500 bits per heavy atom. The van der Waals surface area contributed by atoms with E-state index in [1.54, 1.807) is 21.8 Å². The molecule has 0 aliphatic rings. The molecule has 6 rings (SSSR count). The summed E-state index contributed by atoms with van der Waals surface area (Å²) in [5.41, 5.74) is 6.15. The van der Waals surface area contributed by atoms with E-state index < -0.39 is 0 Å². The second-order valence-corrected chi connectivity index (χ2v) is 8.67. The van der Waals surface area contributed by atoms with Crippen LogP contribution in [-0.2, 0) is 13.1 Å². The Kier molecular flexibility index (Phi) is 6.58. The molecule has 0 amide bonds. The van der Waals surface area contributed by atoms with E-state index in [2.05, 4.69) is 57.2 Å². The molecule has 0 aliphatic heterocycles. The van der Waals surface area contributed by atoms with Crippen molar-refractivity contribution in [3.63, 3.8) is 0 Å². The number of aromatic nitrogens is 6. The molecule has 0 atom stereocenters. The van der Waals surface area contributed by atoms with Gasteiger partial charge in [-0.15, -0.1) is 0 Å². The van der Waals surface area contributed by atoms with Crippen LogP contribution in [0.1, 0.15) is 11.4 Å². The minimum absolute atomic E-state index is 0.589. The highest BCUT2D eigenvalue weighted by Crippen LogP contribution is 2.34. The Bertz CT molecular complexity index is 1500. The summed E-state index contributed by atoms with van der Waals surface area (Å²) in [6.07, 6.45) is 7.28. The first-order valence-corrected chi connectivity index (χ1v) is 12.4. The zero-order chi connectivity index (χ0) is 25.6. The number of anilines is 2. The number of benzene rings is 2. The lowest BCUT2D eigenvalue weighted by atomic mass is 10.0. The van der Waals surface area contributed by atoms with Crippen LogP contribution in [0.4, 0.5) is 11.4 Å². The van der Waals surface area contributed by atoms with Crippen molar-refractivity contribution in [2.45, 2.75) is 13.1 Å². The van der Waals surface area contributed by atoms with E-state index in [0.29, 0.717) is 13.1 Å². The van der Waals surface area contributed by atoms with Crippen LogP contribution < -0.4 is 10.6 Å². The number of para-hydroxylation sites is 2. The molecule has 8 heteroatoms. The molecule has 0 unspecified atom stereocenters. The molecule has 4 heterocycles. The first kappa shape index (κ1) is 23.2. The number of rotatable bonds is 9. The van der Waals surface area contributed by atoms with Crippen molar-refractivity contribution >= 4 is 11.4 Å². The third-order valence-electron chi connectivity index (χ3n) is 6.13. The highest BCUT2D eigenvalue weighted by molar-refractivity contribution is 5.86. The van der Waals surface area contributed by atoms with E-state index in [9.17, 15) is 0 Å². The minimum Gasteiger partial charge on any atom is -0.379 e. The van der Waals surface area contributed by atoms with Crippen molar-refractivity contribution in [2.75, 3.05) is 10.6 Å². The van der Waals surface area contributed by atoms with Gasteiger partial charge in [0.1, 0.15) is 0 Å². The topological polar surface area (TPSA) is 85.5 Å². The van der Waals surface area contributed by atoms with Gasteiger partial charge in [0.15, 0.2) is 11.6 Å². The number of nitrogens with one attached hydrogen (secondary N) is 2. The molecule has 0 bridgehead atoms. The molecule has 2 N–H and O–H groups in total. The molecule has 38 heavy (non-hydrogen) atoms. The van der Waals surface area contributed by atoms with Crippen molar-refractivity contribution < 1.29 is 0 Å². The van der Waals surface area contributed by atoms with Gasteiger partial charge in [0, 0.05) is 47.3 Å². The van der Waals surface area contributed by atoms with Crippen molar-refractivity contribution in [1.29, 1.82) is 0 Å². The summed E-state index contributed by atoms with van der Waals surface area (Å²) in [7, 11) is 0. The molecule has 0 saturated heterocycles. The van der Waals surface area contributed by atoms with Crippen molar-refractivity contribution in [1.82, 2.24) is 29.5 Å². The molecule has 6 aromatic rings. The Morgan fingerprint density at radius 3 is 1.42 bits per heavy atom. The van der Waals surface area contributed by atoms with Crippen LogP contribution in [0.2, 0.25) is 0 Å². The second kappa shape index (κ2) is 10.8. The zero-order valence-corrected chi connectivity index (χ0v) is 20.6.